The zero-order valence-electron chi connectivity index (χ0n) is 8.84. The fourth-order valence-corrected chi connectivity index (χ4v) is 1.64. The van der Waals surface area contributed by atoms with Gasteiger partial charge in [0, 0.05) is 5.02 Å². The number of rotatable bonds is 4. The molecular formula is C11H10Cl2O3. The molecule has 0 amide bonds. The normalized spacial score (nSPS) is 9.75. The second-order valence-corrected chi connectivity index (χ2v) is 3.71. The van der Waals surface area contributed by atoms with Gasteiger partial charge in [0.1, 0.15) is 11.5 Å². The van der Waals surface area contributed by atoms with Gasteiger partial charge in [-0.25, -0.2) is 0 Å². The lowest BCUT2D eigenvalue weighted by molar-refractivity contribution is 0.107. The van der Waals surface area contributed by atoms with Crippen molar-refractivity contribution in [3.63, 3.8) is 0 Å². The lowest BCUT2D eigenvalue weighted by Crippen LogP contribution is -2.00. The van der Waals surface area contributed by atoms with Gasteiger partial charge >= 0.3 is 0 Å². The van der Waals surface area contributed by atoms with E-state index in [9.17, 15) is 4.79 Å². The zero-order valence-corrected chi connectivity index (χ0v) is 10.4. The summed E-state index contributed by atoms with van der Waals surface area (Å²) < 4.78 is 10.1. The first-order valence-electron chi connectivity index (χ1n) is 4.32. The van der Waals surface area contributed by atoms with Crippen molar-refractivity contribution in [2.45, 2.75) is 0 Å². The van der Waals surface area contributed by atoms with Gasteiger partial charge in [-0.3, -0.25) is 4.79 Å². The van der Waals surface area contributed by atoms with Crippen LogP contribution in [-0.2, 0) is 4.74 Å². The molecule has 0 saturated carbocycles. The van der Waals surface area contributed by atoms with E-state index in [0.717, 1.165) is 0 Å². The molecule has 3 nitrogen and oxygen atoms in total. The SMILES string of the molecule is C=C(OC)c1cc(Cl)cc(C(=O)Cl)c1OC. The molecule has 0 fully saturated rings. The molecule has 0 aliphatic rings. The van der Waals surface area contributed by atoms with E-state index in [2.05, 4.69) is 6.58 Å². The number of methoxy groups -OCH3 is 2. The maximum Gasteiger partial charge on any atom is 0.256 e. The molecule has 0 aliphatic carbocycles. The highest BCUT2D eigenvalue weighted by Gasteiger charge is 2.17. The predicted octanol–water partition coefficient (Wildman–Crippen LogP) is 3.34. The van der Waals surface area contributed by atoms with Crippen molar-refractivity contribution >= 4 is 34.2 Å². The molecule has 1 aromatic carbocycles. The molecule has 0 saturated heterocycles. The summed E-state index contributed by atoms with van der Waals surface area (Å²) in [5.41, 5.74) is 0.686. The molecule has 0 unspecified atom stereocenters. The Hall–Kier alpha value is -1.19. The van der Waals surface area contributed by atoms with Gasteiger partial charge in [-0.15, -0.1) is 0 Å². The fraction of sp³-hybridized carbons (Fsp3) is 0.182. The molecule has 0 bridgehead atoms. The minimum Gasteiger partial charge on any atom is -0.497 e. The number of ether oxygens (including phenoxy) is 2. The van der Waals surface area contributed by atoms with Gasteiger partial charge in [-0.05, 0) is 23.7 Å². The molecule has 1 rings (SSSR count). The summed E-state index contributed by atoms with van der Waals surface area (Å²) in [7, 11) is 2.89. The van der Waals surface area contributed by atoms with Gasteiger partial charge in [-0.1, -0.05) is 18.2 Å². The number of benzene rings is 1. The summed E-state index contributed by atoms with van der Waals surface area (Å²) in [6, 6.07) is 3.03. The average molecular weight is 261 g/mol. The van der Waals surface area contributed by atoms with Crippen molar-refractivity contribution in [3.8, 4) is 5.75 Å². The molecule has 0 spiro atoms. The van der Waals surface area contributed by atoms with Crippen LogP contribution in [-0.4, -0.2) is 19.5 Å². The number of hydrogen-bond donors (Lipinski definition) is 0. The van der Waals surface area contributed by atoms with Crippen LogP contribution in [0, 0.1) is 0 Å². The van der Waals surface area contributed by atoms with E-state index in [-0.39, 0.29) is 5.56 Å². The van der Waals surface area contributed by atoms with Crippen molar-refractivity contribution in [1.29, 1.82) is 0 Å². The van der Waals surface area contributed by atoms with Gasteiger partial charge in [-0.2, -0.15) is 0 Å². The highest BCUT2D eigenvalue weighted by Crippen LogP contribution is 2.33. The van der Waals surface area contributed by atoms with Gasteiger partial charge < -0.3 is 9.47 Å². The zero-order chi connectivity index (χ0) is 12.3. The van der Waals surface area contributed by atoms with E-state index >= 15 is 0 Å². The summed E-state index contributed by atoms with van der Waals surface area (Å²) in [4.78, 5) is 11.2. The molecule has 16 heavy (non-hydrogen) atoms. The number of hydrogen-bond acceptors (Lipinski definition) is 3. The predicted molar refractivity (Wildman–Crippen MR) is 64.2 cm³/mol. The minimum atomic E-state index is -0.649. The van der Waals surface area contributed by atoms with Crippen LogP contribution < -0.4 is 4.74 Å². The summed E-state index contributed by atoms with van der Waals surface area (Å²) in [5, 5.41) is -0.289. The molecule has 0 radical (unpaired) electrons. The molecule has 0 aromatic heterocycles. The van der Waals surface area contributed by atoms with Crippen molar-refractivity contribution in [2.24, 2.45) is 0 Å². The van der Waals surface area contributed by atoms with Crippen LogP contribution in [0.5, 0.6) is 5.75 Å². The summed E-state index contributed by atoms with van der Waals surface area (Å²) in [6.45, 7) is 3.68. The van der Waals surface area contributed by atoms with Crippen molar-refractivity contribution < 1.29 is 14.3 Å². The Labute approximate surface area is 104 Å². The van der Waals surface area contributed by atoms with Crippen molar-refractivity contribution in [2.75, 3.05) is 14.2 Å². The van der Waals surface area contributed by atoms with Gasteiger partial charge in [0.2, 0.25) is 0 Å². The quantitative estimate of drug-likeness (QED) is 0.616. The van der Waals surface area contributed by atoms with Crippen LogP contribution in [0.4, 0.5) is 0 Å². The maximum absolute atomic E-state index is 11.2. The van der Waals surface area contributed by atoms with E-state index in [4.69, 9.17) is 32.7 Å². The van der Waals surface area contributed by atoms with E-state index in [1.54, 1.807) is 6.07 Å². The largest absolute Gasteiger partial charge is 0.497 e. The number of carbonyl (C=O) groups is 1. The third-order valence-electron chi connectivity index (χ3n) is 2.02. The second-order valence-electron chi connectivity index (χ2n) is 2.94. The fourth-order valence-electron chi connectivity index (χ4n) is 1.28. The third-order valence-corrected chi connectivity index (χ3v) is 2.44. The van der Waals surface area contributed by atoms with Crippen LogP contribution in [0.1, 0.15) is 15.9 Å². The van der Waals surface area contributed by atoms with Crippen LogP contribution in [0.3, 0.4) is 0 Å². The molecule has 86 valence electrons. The number of halogens is 2. The van der Waals surface area contributed by atoms with Crippen LogP contribution >= 0.6 is 23.2 Å². The van der Waals surface area contributed by atoms with E-state index in [1.165, 1.54) is 20.3 Å². The Bertz CT molecular complexity index is 441. The summed E-state index contributed by atoms with van der Waals surface area (Å²) in [5.74, 6) is 0.648. The maximum atomic E-state index is 11.2. The smallest absolute Gasteiger partial charge is 0.256 e. The van der Waals surface area contributed by atoms with Gasteiger partial charge in [0.25, 0.3) is 5.24 Å². The van der Waals surface area contributed by atoms with Gasteiger partial charge in [0.05, 0.1) is 25.3 Å². The van der Waals surface area contributed by atoms with Crippen LogP contribution in [0.2, 0.25) is 5.02 Å². The first-order chi connectivity index (χ1) is 7.51. The minimum absolute atomic E-state index is 0.185. The number of carbonyl (C=O) groups excluding carboxylic acids is 1. The Morgan fingerprint density at radius 2 is 1.88 bits per heavy atom. The third kappa shape index (κ3) is 2.49. The Kier molecular flexibility index (Phi) is 4.21. The summed E-state index contributed by atoms with van der Waals surface area (Å²) in [6.07, 6.45) is 0. The van der Waals surface area contributed by atoms with Crippen molar-refractivity contribution in [3.05, 3.63) is 34.9 Å². The lowest BCUT2D eigenvalue weighted by Gasteiger charge is -2.13. The standard InChI is InChI=1S/C11H10Cl2O3/c1-6(15-2)8-4-7(12)5-9(11(13)14)10(8)16-3/h4-5H,1H2,2-3H3. The van der Waals surface area contributed by atoms with E-state index in [1.807, 2.05) is 0 Å². The topological polar surface area (TPSA) is 35.5 Å². The molecule has 1 aromatic rings. The Morgan fingerprint density at radius 3 is 2.31 bits per heavy atom. The first kappa shape index (κ1) is 12.9. The molecule has 5 heteroatoms. The Balaban J connectivity index is 3.48. The molecule has 0 heterocycles. The highest BCUT2D eigenvalue weighted by atomic mass is 35.5. The van der Waals surface area contributed by atoms with E-state index < -0.39 is 5.24 Å². The molecule has 0 aliphatic heterocycles. The molecular weight excluding hydrogens is 251 g/mol. The van der Waals surface area contributed by atoms with E-state index in [0.29, 0.717) is 22.1 Å². The Morgan fingerprint density at radius 1 is 1.31 bits per heavy atom. The van der Waals surface area contributed by atoms with Gasteiger partial charge in [0.15, 0.2) is 0 Å². The lowest BCUT2D eigenvalue weighted by atomic mass is 10.1. The van der Waals surface area contributed by atoms with Crippen LogP contribution in [0.25, 0.3) is 5.76 Å². The van der Waals surface area contributed by atoms with Crippen molar-refractivity contribution in [1.82, 2.24) is 0 Å². The highest BCUT2D eigenvalue weighted by molar-refractivity contribution is 6.68. The summed E-state index contributed by atoms with van der Waals surface area (Å²) >= 11 is 11.3. The van der Waals surface area contributed by atoms with Crippen LogP contribution in [0.15, 0.2) is 18.7 Å². The molecule has 0 atom stereocenters. The monoisotopic (exact) mass is 260 g/mol. The second kappa shape index (κ2) is 5.23. The average Bonchev–Trinajstić information content (AvgIpc) is 2.26. The first-order valence-corrected chi connectivity index (χ1v) is 5.07. The molecule has 0 N–H and O–H groups in total.